The van der Waals surface area contributed by atoms with Crippen LogP contribution in [0.3, 0.4) is 0 Å². The summed E-state index contributed by atoms with van der Waals surface area (Å²) in [4.78, 5) is 23.7. The first-order valence-electron chi connectivity index (χ1n) is 7.71. The molecule has 7 nitrogen and oxygen atoms in total. The van der Waals surface area contributed by atoms with Crippen LogP contribution in [-0.2, 0) is 17.6 Å². The van der Waals surface area contributed by atoms with Crippen molar-refractivity contribution >= 4 is 29.2 Å². The van der Waals surface area contributed by atoms with E-state index in [0.29, 0.717) is 10.7 Å². The van der Waals surface area contributed by atoms with Gasteiger partial charge in [-0.25, -0.2) is 4.79 Å². The molecule has 8 heteroatoms. The lowest BCUT2D eigenvalue weighted by Gasteiger charge is -2.22. The van der Waals surface area contributed by atoms with Gasteiger partial charge in [0.05, 0.1) is 12.7 Å². The lowest BCUT2D eigenvalue weighted by atomic mass is 9.94. The molecule has 0 bridgehead atoms. The molecule has 1 aliphatic rings. The Labute approximate surface area is 144 Å². The maximum Gasteiger partial charge on any atom is 0.315 e. The van der Waals surface area contributed by atoms with E-state index in [0.717, 1.165) is 25.0 Å². The van der Waals surface area contributed by atoms with E-state index in [4.69, 9.17) is 11.6 Å². The maximum atomic E-state index is 11.9. The van der Waals surface area contributed by atoms with Crippen LogP contribution in [0.1, 0.15) is 17.7 Å². The van der Waals surface area contributed by atoms with E-state index in [1.807, 2.05) is 6.20 Å². The van der Waals surface area contributed by atoms with Crippen LogP contribution < -0.4 is 16.0 Å². The Morgan fingerprint density at radius 2 is 2.08 bits per heavy atom. The number of fused-ring (bicyclic) bond motifs is 1. The van der Waals surface area contributed by atoms with Gasteiger partial charge in [0.15, 0.2) is 0 Å². The van der Waals surface area contributed by atoms with Crippen molar-refractivity contribution in [2.75, 3.05) is 11.9 Å². The minimum absolute atomic E-state index is 0.0391. The molecule has 0 fully saturated rings. The Kier molecular flexibility index (Phi) is 5.00. The summed E-state index contributed by atoms with van der Waals surface area (Å²) in [5, 5.41) is 15.7. The largest absolute Gasteiger partial charge is 0.335 e. The van der Waals surface area contributed by atoms with Gasteiger partial charge in [-0.15, -0.1) is 0 Å². The highest BCUT2D eigenvalue weighted by Crippen LogP contribution is 2.18. The second kappa shape index (κ2) is 7.35. The molecule has 0 unspecified atom stereocenters. The Balaban J connectivity index is 1.41. The second-order valence-corrected chi connectivity index (χ2v) is 6.13. The average Bonchev–Trinajstić information content (AvgIpc) is 3.03. The number of halogens is 1. The zero-order chi connectivity index (χ0) is 16.9. The quantitative estimate of drug-likeness (QED) is 0.679. The van der Waals surface area contributed by atoms with Gasteiger partial charge in [-0.3, -0.25) is 9.89 Å². The SMILES string of the molecule is O=C(CNC(=O)N[C@H]1CCc2cn[nH]c2C1)Nc1ccc(Cl)cc1. The Morgan fingerprint density at radius 3 is 2.88 bits per heavy atom. The van der Waals surface area contributed by atoms with E-state index < -0.39 is 0 Å². The van der Waals surface area contributed by atoms with E-state index in [-0.39, 0.29) is 24.5 Å². The zero-order valence-corrected chi connectivity index (χ0v) is 13.7. The van der Waals surface area contributed by atoms with Gasteiger partial charge in [0.2, 0.25) is 5.91 Å². The van der Waals surface area contributed by atoms with Crippen molar-refractivity contribution in [2.24, 2.45) is 0 Å². The molecule has 2 aromatic rings. The predicted molar refractivity (Wildman–Crippen MR) is 91.0 cm³/mol. The van der Waals surface area contributed by atoms with E-state index in [9.17, 15) is 9.59 Å². The van der Waals surface area contributed by atoms with Gasteiger partial charge in [-0.05, 0) is 42.7 Å². The molecule has 126 valence electrons. The number of anilines is 1. The summed E-state index contributed by atoms with van der Waals surface area (Å²) in [7, 11) is 0. The topological polar surface area (TPSA) is 98.9 Å². The monoisotopic (exact) mass is 347 g/mol. The molecule has 0 saturated heterocycles. The molecule has 24 heavy (non-hydrogen) atoms. The van der Waals surface area contributed by atoms with Gasteiger partial charge < -0.3 is 16.0 Å². The fourth-order valence-corrected chi connectivity index (χ4v) is 2.79. The molecule has 0 spiro atoms. The molecular formula is C16H18ClN5O2. The maximum absolute atomic E-state index is 11.9. The molecule has 3 rings (SSSR count). The normalized spacial score (nSPS) is 16.1. The van der Waals surface area contributed by atoms with Gasteiger partial charge in [-0.2, -0.15) is 5.10 Å². The molecule has 0 aliphatic heterocycles. The van der Waals surface area contributed by atoms with Crippen LogP contribution in [0.25, 0.3) is 0 Å². The lowest BCUT2D eigenvalue weighted by Crippen LogP contribution is -2.46. The van der Waals surface area contributed by atoms with Crippen LogP contribution in [0.2, 0.25) is 5.02 Å². The third-order valence-electron chi connectivity index (χ3n) is 3.89. The number of amides is 3. The first kappa shape index (κ1) is 16.3. The molecule has 1 heterocycles. The third-order valence-corrected chi connectivity index (χ3v) is 4.14. The van der Waals surface area contributed by atoms with Crippen LogP contribution in [0.4, 0.5) is 10.5 Å². The first-order valence-corrected chi connectivity index (χ1v) is 8.09. The minimum atomic E-state index is -0.353. The van der Waals surface area contributed by atoms with Crippen LogP contribution >= 0.6 is 11.6 Å². The molecule has 0 radical (unpaired) electrons. The number of carbonyl (C=O) groups excluding carboxylic acids is 2. The highest BCUT2D eigenvalue weighted by atomic mass is 35.5. The number of hydrogen-bond acceptors (Lipinski definition) is 3. The van der Waals surface area contributed by atoms with Crippen LogP contribution in [0, 0.1) is 0 Å². The van der Waals surface area contributed by atoms with E-state index in [2.05, 4.69) is 26.1 Å². The minimum Gasteiger partial charge on any atom is -0.335 e. The van der Waals surface area contributed by atoms with Gasteiger partial charge in [0.1, 0.15) is 0 Å². The Morgan fingerprint density at radius 1 is 1.29 bits per heavy atom. The molecule has 1 aromatic carbocycles. The fraction of sp³-hybridized carbons (Fsp3) is 0.312. The van der Waals surface area contributed by atoms with Crippen LogP contribution in [-0.4, -0.2) is 34.7 Å². The number of aryl methyl sites for hydroxylation is 1. The van der Waals surface area contributed by atoms with Crippen LogP contribution in [0.5, 0.6) is 0 Å². The summed E-state index contributed by atoms with van der Waals surface area (Å²) in [6, 6.07) is 6.45. The van der Waals surface area contributed by atoms with Crippen molar-refractivity contribution in [3.63, 3.8) is 0 Å². The predicted octanol–water partition coefficient (Wildman–Crippen LogP) is 1.86. The standard InChI is InChI=1S/C16H18ClN5O2/c17-11-2-5-12(6-3-11)20-15(23)9-18-16(24)21-13-4-1-10-8-19-22-14(10)7-13/h2-3,5-6,8,13H,1,4,7,9H2,(H,19,22)(H,20,23)(H2,18,21,24)/t13-/m0/s1. The Hall–Kier alpha value is -2.54. The number of aromatic nitrogens is 2. The molecule has 0 saturated carbocycles. The summed E-state index contributed by atoms with van der Waals surface area (Å²) >= 11 is 5.78. The average molecular weight is 348 g/mol. The number of urea groups is 1. The number of carbonyl (C=O) groups is 2. The highest BCUT2D eigenvalue weighted by Gasteiger charge is 2.21. The molecule has 1 aliphatic carbocycles. The number of H-pyrrole nitrogens is 1. The summed E-state index contributed by atoms with van der Waals surface area (Å²) in [5.41, 5.74) is 2.90. The van der Waals surface area contributed by atoms with Gasteiger partial charge >= 0.3 is 6.03 Å². The second-order valence-electron chi connectivity index (χ2n) is 5.70. The number of rotatable bonds is 4. The summed E-state index contributed by atoms with van der Waals surface area (Å²) in [5.74, 6) is -0.299. The summed E-state index contributed by atoms with van der Waals surface area (Å²) < 4.78 is 0. The van der Waals surface area contributed by atoms with E-state index >= 15 is 0 Å². The number of aromatic amines is 1. The smallest absolute Gasteiger partial charge is 0.315 e. The van der Waals surface area contributed by atoms with Gasteiger partial charge in [0, 0.05) is 28.9 Å². The number of nitrogens with zero attached hydrogens (tertiary/aromatic N) is 1. The van der Waals surface area contributed by atoms with Gasteiger partial charge in [0.25, 0.3) is 0 Å². The summed E-state index contributed by atoms with van der Waals surface area (Å²) in [6.45, 7) is -0.101. The number of hydrogen-bond donors (Lipinski definition) is 4. The van der Waals surface area contributed by atoms with Crippen LogP contribution in [0.15, 0.2) is 30.5 Å². The van der Waals surface area contributed by atoms with Crippen molar-refractivity contribution in [1.82, 2.24) is 20.8 Å². The van der Waals surface area contributed by atoms with E-state index in [1.165, 1.54) is 5.56 Å². The van der Waals surface area contributed by atoms with Crippen molar-refractivity contribution in [3.05, 3.63) is 46.7 Å². The Bertz CT molecular complexity index is 728. The molecule has 1 aromatic heterocycles. The van der Waals surface area contributed by atoms with Crippen molar-refractivity contribution in [2.45, 2.75) is 25.3 Å². The molecular weight excluding hydrogens is 330 g/mol. The number of benzene rings is 1. The molecule has 3 amide bonds. The number of nitrogens with one attached hydrogen (secondary N) is 4. The lowest BCUT2D eigenvalue weighted by molar-refractivity contribution is -0.115. The van der Waals surface area contributed by atoms with Crippen molar-refractivity contribution in [1.29, 1.82) is 0 Å². The van der Waals surface area contributed by atoms with Crippen molar-refractivity contribution < 1.29 is 9.59 Å². The van der Waals surface area contributed by atoms with Gasteiger partial charge in [-0.1, -0.05) is 11.6 Å². The third kappa shape index (κ3) is 4.26. The summed E-state index contributed by atoms with van der Waals surface area (Å²) in [6.07, 6.45) is 4.29. The highest BCUT2D eigenvalue weighted by molar-refractivity contribution is 6.30. The van der Waals surface area contributed by atoms with E-state index in [1.54, 1.807) is 24.3 Å². The zero-order valence-electron chi connectivity index (χ0n) is 12.9. The molecule has 4 N–H and O–H groups in total. The first-order chi connectivity index (χ1) is 11.6. The fourth-order valence-electron chi connectivity index (χ4n) is 2.67. The van der Waals surface area contributed by atoms with Crippen molar-refractivity contribution in [3.8, 4) is 0 Å². The molecule has 1 atom stereocenters.